The quantitative estimate of drug-likeness (QED) is 0.236. The van der Waals surface area contributed by atoms with Gasteiger partial charge >= 0.3 is 74.1 Å². The van der Waals surface area contributed by atoms with Crippen molar-refractivity contribution in [3.63, 3.8) is 0 Å². The molecule has 0 fully saturated rings. The van der Waals surface area contributed by atoms with Crippen molar-refractivity contribution < 1.29 is 47.5 Å². The van der Waals surface area contributed by atoms with Gasteiger partial charge in [0.15, 0.2) is 0 Å². The van der Waals surface area contributed by atoms with Gasteiger partial charge in [0.05, 0.1) is 0 Å². The van der Waals surface area contributed by atoms with Crippen LogP contribution in [0.15, 0.2) is 0 Å². The van der Waals surface area contributed by atoms with Crippen LogP contribution in [0.5, 0.6) is 0 Å². The van der Waals surface area contributed by atoms with Crippen molar-refractivity contribution in [3.8, 4) is 0 Å². The van der Waals surface area contributed by atoms with Crippen LogP contribution in [0.2, 0.25) is 0 Å². The summed E-state index contributed by atoms with van der Waals surface area (Å²) >= 11 is 0. The maximum absolute atomic E-state index is 8.74. The van der Waals surface area contributed by atoms with Crippen LogP contribution < -0.4 is 0 Å². The van der Waals surface area contributed by atoms with Crippen LogP contribution in [0.25, 0.3) is 0 Å². The summed E-state index contributed by atoms with van der Waals surface area (Å²) in [4.78, 5) is 17.1. The van der Waals surface area contributed by atoms with E-state index in [1.54, 1.807) is 0 Å². The summed E-state index contributed by atoms with van der Waals surface area (Å²) in [6.07, 6.45) is -3.67. The second-order valence-electron chi connectivity index (χ2n) is 1.01. The predicted octanol–water partition coefficient (Wildman–Crippen LogP) is -0.856. The molecule has 0 aromatic heterocycles. The van der Waals surface area contributed by atoms with E-state index in [0.29, 0.717) is 0 Å². The van der Waals surface area contributed by atoms with Crippen molar-refractivity contribution in [2.24, 2.45) is 0 Å². The number of carboxylic acid groups (broad SMARTS) is 4. The number of rotatable bonds is 0. The number of carbonyl (C=O) groups is 2. The topological polar surface area (TPSA) is 190 Å². The fraction of sp³-hybridized carbons (Fsp3) is 0. The zero-order valence-corrected chi connectivity index (χ0v) is 6.54. The predicted molar refractivity (Wildman–Crippen MR) is 42.6 cm³/mol. The Labute approximate surface area is 120 Å². The number of hydrogen-bond acceptors (Lipinski definition) is 4. The van der Waals surface area contributed by atoms with Gasteiger partial charge in [0.1, 0.15) is 0 Å². The van der Waals surface area contributed by atoms with E-state index in [0.717, 1.165) is 0 Å². The molecule has 12 heteroatoms. The molecule has 0 bridgehead atoms. The molecule has 0 amide bonds. The third kappa shape index (κ3) is 684000. The van der Waals surface area contributed by atoms with Gasteiger partial charge in [-0.1, -0.05) is 0 Å². The fourth-order valence-corrected chi connectivity index (χ4v) is 0. The molecule has 0 saturated heterocycles. The summed E-state index contributed by atoms with van der Waals surface area (Å²) < 4.78 is 31.6. The van der Waals surface area contributed by atoms with Gasteiger partial charge in [-0.3, -0.25) is 9.11 Å². The van der Waals surface area contributed by atoms with Crippen molar-refractivity contribution >= 4 is 74.1 Å². The summed E-state index contributed by atoms with van der Waals surface area (Å²) in [5, 5.41) is 27.9. The fourth-order valence-electron chi connectivity index (χ4n) is 0. The first-order valence-electron chi connectivity index (χ1n) is 2.00. The van der Waals surface area contributed by atoms with Crippen molar-refractivity contribution in [2.45, 2.75) is 0 Å². The Balaban J connectivity index is -0.0000000522. The summed E-state index contributed by atoms with van der Waals surface area (Å²) in [6, 6.07) is 0. The van der Waals surface area contributed by atoms with E-state index in [-0.39, 0.29) is 51.4 Å². The molecule has 10 nitrogen and oxygen atoms in total. The van der Waals surface area contributed by atoms with E-state index in [2.05, 4.69) is 0 Å². The average Bonchev–Trinajstić information content (AvgIpc) is 1.50. The Morgan fingerprint density at radius 2 is 0.786 bits per heavy atom. The van der Waals surface area contributed by atoms with Crippen molar-refractivity contribution in [1.82, 2.24) is 0 Å². The Hall–Kier alpha value is 0.0464. The average molecular weight is 262 g/mol. The summed E-state index contributed by atoms with van der Waals surface area (Å²) in [7, 11) is -4.67. The SMILES string of the molecule is O=C(O)O.O=C(O)O.O=S(=O)(O)O.[KH]. The molecule has 0 spiro atoms. The first-order valence-corrected chi connectivity index (χ1v) is 3.40. The molecule has 0 aliphatic carbocycles. The van der Waals surface area contributed by atoms with Gasteiger partial charge in [-0.15, -0.1) is 0 Å². The van der Waals surface area contributed by atoms with Crippen LogP contribution in [0.3, 0.4) is 0 Å². The van der Waals surface area contributed by atoms with E-state index >= 15 is 0 Å². The third-order valence-corrected chi connectivity index (χ3v) is 0. The van der Waals surface area contributed by atoms with E-state index < -0.39 is 22.7 Å². The molecule has 0 radical (unpaired) electrons. The summed E-state index contributed by atoms with van der Waals surface area (Å²) in [5.41, 5.74) is 0. The van der Waals surface area contributed by atoms with Crippen LogP contribution in [0.4, 0.5) is 9.59 Å². The van der Waals surface area contributed by atoms with Crippen LogP contribution in [0, 0.1) is 0 Å². The molecule has 14 heavy (non-hydrogen) atoms. The Bertz CT molecular complexity index is 213. The first-order chi connectivity index (χ1) is 5.46. The van der Waals surface area contributed by atoms with Gasteiger partial charge in [-0.05, 0) is 0 Å². The molecule has 0 heterocycles. The van der Waals surface area contributed by atoms with Gasteiger partial charge in [0, 0.05) is 0 Å². The zero-order valence-electron chi connectivity index (χ0n) is 5.72. The first kappa shape index (κ1) is 23.7. The molecule has 0 rings (SSSR count). The molecular formula is C2H7KO10S. The van der Waals surface area contributed by atoms with E-state index in [4.69, 9.17) is 47.5 Å². The van der Waals surface area contributed by atoms with Crippen molar-refractivity contribution in [2.75, 3.05) is 0 Å². The van der Waals surface area contributed by atoms with Crippen LogP contribution in [-0.2, 0) is 10.4 Å². The van der Waals surface area contributed by atoms with Gasteiger partial charge in [0.2, 0.25) is 0 Å². The molecule has 0 aromatic rings. The van der Waals surface area contributed by atoms with Crippen molar-refractivity contribution in [1.29, 1.82) is 0 Å². The molecule has 0 aliphatic rings. The molecule has 0 saturated carbocycles. The molecule has 6 N–H and O–H groups in total. The minimum absolute atomic E-state index is 0. The van der Waals surface area contributed by atoms with Crippen LogP contribution >= 0.6 is 0 Å². The van der Waals surface area contributed by atoms with Crippen LogP contribution in [0.1, 0.15) is 0 Å². The second-order valence-corrected chi connectivity index (χ2v) is 1.91. The monoisotopic (exact) mass is 262 g/mol. The van der Waals surface area contributed by atoms with Gasteiger partial charge in [-0.25, -0.2) is 9.59 Å². The minimum atomic E-state index is -4.67. The maximum atomic E-state index is 8.74. The Morgan fingerprint density at radius 3 is 0.786 bits per heavy atom. The van der Waals surface area contributed by atoms with Gasteiger partial charge in [0.25, 0.3) is 0 Å². The second kappa shape index (κ2) is 13.0. The number of hydrogen-bond donors (Lipinski definition) is 6. The molecule has 0 unspecified atom stereocenters. The molecule has 0 aliphatic heterocycles. The van der Waals surface area contributed by atoms with E-state index in [1.165, 1.54) is 0 Å². The molecule has 82 valence electrons. The molecule has 0 aromatic carbocycles. The summed E-state index contributed by atoms with van der Waals surface area (Å²) in [5.74, 6) is 0. The normalized spacial score (nSPS) is 7.57. The summed E-state index contributed by atoms with van der Waals surface area (Å²) in [6.45, 7) is 0. The Morgan fingerprint density at radius 1 is 0.786 bits per heavy atom. The van der Waals surface area contributed by atoms with E-state index in [9.17, 15) is 0 Å². The Kier molecular flexibility index (Phi) is 22.1. The van der Waals surface area contributed by atoms with Gasteiger partial charge in [-0.2, -0.15) is 8.42 Å². The molecular weight excluding hydrogens is 255 g/mol. The standard InChI is InChI=1S/2CH2O3.K.H2O4S.H/c2*2-1(3)4;;1-5(2,3)4;/h2*(H2,2,3,4);;(H2,1,2,3,4);. The zero-order chi connectivity index (χ0) is 11.7. The van der Waals surface area contributed by atoms with Crippen LogP contribution in [-0.4, -0.2) is 102 Å². The van der Waals surface area contributed by atoms with Crippen molar-refractivity contribution in [3.05, 3.63) is 0 Å². The third-order valence-electron chi connectivity index (χ3n) is 0. The molecule has 0 atom stereocenters. The van der Waals surface area contributed by atoms with Gasteiger partial charge < -0.3 is 20.4 Å². The van der Waals surface area contributed by atoms with E-state index in [1.807, 2.05) is 0 Å².